The molecule has 0 spiro atoms. The van der Waals surface area contributed by atoms with Crippen molar-refractivity contribution in [2.24, 2.45) is 0 Å². The summed E-state index contributed by atoms with van der Waals surface area (Å²) in [6.45, 7) is 1.74. The van der Waals surface area contributed by atoms with Crippen LogP contribution in [0, 0.1) is 0 Å². The average molecular weight is 197 g/mol. The molecule has 0 unspecified atom stereocenters. The fraction of sp³-hybridized carbons (Fsp3) is 1.00. The van der Waals surface area contributed by atoms with Crippen LogP contribution in [0.4, 0.5) is 3.89 Å². The van der Waals surface area contributed by atoms with Gasteiger partial charge in [-0.2, -0.15) is 12.7 Å². The molecule has 0 aromatic carbocycles. The Labute approximate surface area is 71.3 Å². The normalized spacial score (nSPS) is 25.6. The van der Waals surface area contributed by atoms with Crippen LogP contribution < -0.4 is 0 Å². The van der Waals surface area contributed by atoms with Gasteiger partial charge in [0.25, 0.3) is 0 Å². The molecule has 0 radical (unpaired) electrons. The van der Waals surface area contributed by atoms with Crippen LogP contribution >= 0.6 is 0 Å². The smallest absolute Gasteiger partial charge is 0.374 e. The fourth-order valence-corrected chi connectivity index (χ4v) is 1.80. The van der Waals surface area contributed by atoms with Crippen LogP contribution in [0.2, 0.25) is 0 Å². The van der Waals surface area contributed by atoms with Gasteiger partial charge in [-0.3, -0.25) is 0 Å². The van der Waals surface area contributed by atoms with Gasteiger partial charge in [-0.25, -0.2) is 0 Å². The Morgan fingerprint density at radius 2 is 1.83 bits per heavy atom. The number of hydrogen-bond acceptors (Lipinski definition) is 3. The van der Waals surface area contributed by atoms with Gasteiger partial charge in [0.2, 0.25) is 0 Å². The summed E-state index contributed by atoms with van der Waals surface area (Å²) in [5.41, 5.74) is -0.846. The Kier molecular flexibility index (Phi) is 2.42. The Morgan fingerprint density at radius 3 is 2.17 bits per heavy atom. The fourth-order valence-electron chi connectivity index (χ4n) is 1.19. The molecule has 0 bridgehead atoms. The van der Waals surface area contributed by atoms with Gasteiger partial charge >= 0.3 is 10.4 Å². The zero-order valence-electron chi connectivity index (χ0n) is 6.83. The lowest BCUT2D eigenvalue weighted by Gasteiger charge is -2.32. The van der Waals surface area contributed by atoms with Crippen LogP contribution in [0.3, 0.4) is 0 Å². The van der Waals surface area contributed by atoms with Crippen LogP contribution in [0.1, 0.15) is 19.8 Å². The maximum absolute atomic E-state index is 12.3. The topological polar surface area (TPSA) is 57.6 Å². The van der Waals surface area contributed by atoms with Crippen LogP contribution in [0.25, 0.3) is 0 Å². The van der Waals surface area contributed by atoms with E-state index in [1.54, 1.807) is 6.92 Å². The molecule has 1 aliphatic rings. The van der Waals surface area contributed by atoms with Gasteiger partial charge in [-0.05, 0) is 19.8 Å². The molecule has 4 nitrogen and oxygen atoms in total. The first-order chi connectivity index (χ1) is 5.31. The van der Waals surface area contributed by atoms with Gasteiger partial charge < -0.3 is 5.11 Å². The van der Waals surface area contributed by atoms with E-state index in [0.29, 0.717) is 0 Å². The first-order valence-corrected chi connectivity index (χ1v) is 5.07. The molecule has 1 aliphatic heterocycles. The zero-order chi connectivity index (χ0) is 9.41. The Balaban J connectivity index is 2.59. The molecule has 0 aliphatic carbocycles. The third-order valence-electron chi connectivity index (χ3n) is 2.11. The Morgan fingerprint density at radius 1 is 1.42 bits per heavy atom. The maximum Gasteiger partial charge on any atom is 0.374 e. The lowest BCUT2D eigenvalue weighted by atomic mass is 9.95. The molecule has 12 heavy (non-hydrogen) atoms. The highest BCUT2D eigenvalue weighted by Crippen LogP contribution is 2.23. The van der Waals surface area contributed by atoms with E-state index in [0.717, 1.165) is 4.31 Å². The highest BCUT2D eigenvalue weighted by Gasteiger charge is 2.32. The van der Waals surface area contributed by atoms with Gasteiger partial charge in [0.1, 0.15) is 0 Å². The first-order valence-electron chi connectivity index (χ1n) is 3.73. The average Bonchev–Trinajstić information content (AvgIpc) is 1.83. The molecular formula is C6H12FNO3S. The largest absolute Gasteiger partial charge is 0.390 e. The lowest BCUT2D eigenvalue weighted by molar-refractivity contribution is 0.0118. The molecule has 0 aromatic rings. The third kappa shape index (κ3) is 2.40. The van der Waals surface area contributed by atoms with Crippen molar-refractivity contribution in [3.8, 4) is 0 Å². The van der Waals surface area contributed by atoms with Crippen molar-refractivity contribution in [2.75, 3.05) is 13.1 Å². The van der Waals surface area contributed by atoms with E-state index in [1.807, 2.05) is 0 Å². The van der Waals surface area contributed by atoms with Gasteiger partial charge in [0.05, 0.1) is 5.60 Å². The summed E-state index contributed by atoms with van der Waals surface area (Å²) in [5, 5.41) is 9.41. The van der Waals surface area contributed by atoms with E-state index in [1.165, 1.54) is 0 Å². The van der Waals surface area contributed by atoms with Crippen LogP contribution in [0.5, 0.6) is 0 Å². The molecule has 1 rings (SSSR count). The summed E-state index contributed by atoms with van der Waals surface area (Å²) in [7, 11) is -4.55. The van der Waals surface area contributed by atoms with Crippen LogP contribution in [-0.4, -0.2) is 36.5 Å². The number of nitrogens with zero attached hydrogens (tertiary/aromatic N) is 1. The summed E-state index contributed by atoms with van der Waals surface area (Å²) in [5.74, 6) is 0. The van der Waals surface area contributed by atoms with E-state index in [4.69, 9.17) is 0 Å². The molecular weight excluding hydrogens is 185 g/mol. The second-order valence-electron chi connectivity index (χ2n) is 3.34. The number of halogens is 1. The van der Waals surface area contributed by atoms with Gasteiger partial charge in [-0.15, -0.1) is 0 Å². The quantitative estimate of drug-likeness (QED) is 0.604. The standard InChI is InChI=1S/C6H12FNO3S/c1-6(9)2-4-8(5-3-6)12(7,10)11/h9H,2-5H2,1H3. The summed E-state index contributed by atoms with van der Waals surface area (Å²) in [4.78, 5) is 0. The highest BCUT2D eigenvalue weighted by molar-refractivity contribution is 7.83. The minimum atomic E-state index is -4.55. The number of piperidine rings is 1. The third-order valence-corrected chi connectivity index (χ3v) is 3.09. The predicted molar refractivity (Wildman–Crippen MR) is 41.5 cm³/mol. The summed E-state index contributed by atoms with van der Waals surface area (Å²) >= 11 is 0. The Bertz CT molecular complexity index is 252. The molecule has 1 fully saturated rings. The van der Waals surface area contributed by atoms with E-state index >= 15 is 0 Å². The van der Waals surface area contributed by atoms with E-state index < -0.39 is 16.0 Å². The van der Waals surface area contributed by atoms with Crippen molar-refractivity contribution in [1.29, 1.82) is 0 Å². The summed E-state index contributed by atoms with van der Waals surface area (Å²) < 4.78 is 33.8. The molecule has 0 saturated carbocycles. The van der Waals surface area contributed by atoms with Gasteiger partial charge in [0.15, 0.2) is 0 Å². The first kappa shape index (κ1) is 9.88. The van der Waals surface area contributed by atoms with Gasteiger partial charge in [-0.1, -0.05) is 3.89 Å². The lowest BCUT2D eigenvalue weighted by Crippen LogP contribution is -2.43. The van der Waals surface area contributed by atoms with E-state index in [-0.39, 0.29) is 25.9 Å². The number of rotatable bonds is 1. The molecule has 1 saturated heterocycles. The molecule has 0 aromatic heterocycles. The number of hydrogen-bond donors (Lipinski definition) is 1. The second kappa shape index (κ2) is 2.93. The summed E-state index contributed by atoms with van der Waals surface area (Å²) in [6, 6.07) is 0. The molecule has 72 valence electrons. The minimum absolute atomic E-state index is 0.0613. The van der Waals surface area contributed by atoms with Crippen LogP contribution in [0.15, 0.2) is 0 Å². The van der Waals surface area contributed by atoms with E-state index in [2.05, 4.69) is 0 Å². The minimum Gasteiger partial charge on any atom is -0.390 e. The van der Waals surface area contributed by atoms with Crippen molar-refractivity contribution in [3.05, 3.63) is 0 Å². The molecule has 6 heteroatoms. The van der Waals surface area contributed by atoms with Crippen molar-refractivity contribution in [2.45, 2.75) is 25.4 Å². The van der Waals surface area contributed by atoms with Crippen molar-refractivity contribution in [3.63, 3.8) is 0 Å². The molecule has 1 heterocycles. The summed E-state index contributed by atoms with van der Waals surface area (Å²) in [6.07, 6.45) is 0.576. The van der Waals surface area contributed by atoms with Crippen molar-refractivity contribution in [1.82, 2.24) is 4.31 Å². The SMILES string of the molecule is CC1(O)CCN(S(=O)(=O)F)CC1. The highest BCUT2D eigenvalue weighted by atomic mass is 32.3. The monoisotopic (exact) mass is 197 g/mol. The zero-order valence-corrected chi connectivity index (χ0v) is 7.64. The maximum atomic E-state index is 12.3. The second-order valence-corrected chi connectivity index (χ2v) is 4.68. The van der Waals surface area contributed by atoms with Crippen molar-refractivity contribution >= 4 is 10.4 Å². The van der Waals surface area contributed by atoms with Crippen molar-refractivity contribution < 1.29 is 17.4 Å². The predicted octanol–water partition coefficient (Wildman–Crippen LogP) is 0.0475. The van der Waals surface area contributed by atoms with Crippen LogP contribution in [-0.2, 0) is 10.4 Å². The van der Waals surface area contributed by atoms with E-state index in [9.17, 15) is 17.4 Å². The molecule has 0 amide bonds. The van der Waals surface area contributed by atoms with Gasteiger partial charge in [0, 0.05) is 13.1 Å². The molecule has 1 N–H and O–H groups in total. The number of aliphatic hydroxyl groups is 1. The molecule has 0 atom stereocenters. The Hall–Kier alpha value is -0.200.